The lowest BCUT2D eigenvalue weighted by Crippen LogP contribution is -2.37. The highest BCUT2D eigenvalue weighted by Gasteiger charge is 2.23. The highest BCUT2D eigenvalue weighted by atomic mass is 16.1. The van der Waals surface area contributed by atoms with Crippen LogP contribution in [-0.2, 0) is 4.79 Å². The molecule has 70 valence electrons. The molecule has 1 heterocycles. The predicted octanol–water partition coefficient (Wildman–Crippen LogP) is 0.368. The number of carbonyl (C=O) groups is 1. The van der Waals surface area contributed by atoms with E-state index < -0.39 is 0 Å². The first-order valence-electron chi connectivity index (χ1n) is 4.65. The van der Waals surface area contributed by atoms with Crippen molar-refractivity contribution in [2.45, 2.75) is 19.8 Å². The number of rotatable bonds is 3. The number of hydrogen-bond donors (Lipinski definition) is 2. The number of nitrogens with one attached hydrogen (secondary N) is 2. The van der Waals surface area contributed by atoms with Crippen molar-refractivity contribution < 1.29 is 4.79 Å². The van der Waals surface area contributed by atoms with Gasteiger partial charge in [0.15, 0.2) is 0 Å². The molecule has 3 heteroatoms. The molecule has 1 fully saturated rings. The van der Waals surface area contributed by atoms with Gasteiger partial charge in [-0.3, -0.25) is 4.79 Å². The number of carbonyl (C=O) groups excluding carboxylic acids is 1. The third kappa shape index (κ3) is 2.48. The average Bonchev–Trinajstić information content (AvgIpc) is 2.05. The second-order valence-corrected chi connectivity index (χ2v) is 3.64. The summed E-state index contributed by atoms with van der Waals surface area (Å²) >= 11 is 0. The van der Waals surface area contributed by atoms with E-state index in [2.05, 4.69) is 17.6 Å². The molecule has 1 rings (SSSR count). The van der Waals surface area contributed by atoms with Crippen LogP contribution in [-0.4, -0.2) is 26.0 Å². The molecule has 2 unspecified atom stereocenters. The van der Waals surface area contributed by atoms with Crippen molar-refractivity contribution in [3.05, 3.63) is 0 Å². The summed E-state index contributed by atoms with van der Waals surface area (Å²) in [6.07, 6.45) is 1.84. The first-order chi connectivity index (χ1) is 5.74. The van der Waals surface area contributed by atoms with Gasteiger partial charge in [-0.1, -0.05) is 6.92 Å². The zero-order valence-electron chi connectivity index (χ0n) is 7.89. The molecule has 0 bridgehead atoms. The number of amides is 1. The van der Waals surface area contributed by atoms with E-state index in [-0.39, 0.29) is 5.91 Å². The Morgan fingerprint density at radius 3 is 3.08 bits per heavy atom. The standard InChI is InChI=1S/C9H18N2O/c1-7(6-10-2)8-3-4-11-9(12)5-8/h7-8,10H,3-6H2,1-2H3,(H,11,12). The predicted molar refractivity (Wildman–Crippen MR) is 48.8 cm³/mol. The Labute approximate surface area is 73.9 Å². The second kappa shape index (κ2) is 4.45. The lowest BCUT2D eigenvalue weighted by atomic mass is 9.86. The van der Waals surface area contributed by atoms with E-state index in [0.717, 1.165) is 19.5 Å². The van der Waals surface area contributed by atoms with Gasteiger partial charge in [-0.2, -0.15) is 0 Å². The Kier molecular flexibility index (Phi) is 3.53. The SMILES string of the molecule is CNCC(C)C1CCNC(=O)C1. The van der Waals surface area contributed by atoms with Gasteiger partial charge in [0.2, 0.25) is 5.91 Å². The van der Waals surface area contributed by atoms with Crippen LogP contribution in [0.15, 0.2) is 0 Å². The van der Waals surface area contributed by atoms with Gasteiger partial charge >= 0.3 is 0 Å². The minimum atomic E-state index is 0.217. The van der Waals surface area contributed by atoms with Gasteiger partial charge in [0.05, 0.1) is 0 Å². The number of piperidine rings is 1. The van der Waals surface area contributed by atoms with Crippen molar-refractivity contribution in [2.75, 3.05) is 20.1 Å². The third-order valence-corrected chi connectivity index (χ3v) is 2.62. The molecule has 2 atom stereocenters. The molecular weight excluding hydrogens is 152 g/mol. The van der Waals surface area contributed by atoms with Crippen LogP contribution in [0.1, 0.15) is 19.8 Å². The van der Waals surface area contributed by atoms with Crippen LogP contribution in [0.2, 0.25) is 0 Å². The maximum absolute atomic E-state index is 11.1. The first kappa shape index (κ1) is 9.52. The fourth-order valence-electron chi connectivity index (χ4n) is 1.78. The molecule has 1 aliphatic rings. The molecule has 1 aliphatic heterocycles. The van der Waals surface area contributed by atoms with Crippen LogP contribution < -0.4 is 10.6 Å². The first-order valence-corrected chi connectivity index (χ1v) is 4.65. The molecule has 0 spiro atoms. The van der Waals surface area contributed by atoms with Gasteiger partial charge in [0.25, 0.3) is 0 Å². The van der Waals surface area contributed by atoms with Gasteiger partial charge in [-0.05, 0) is 31.8 Å². The van der Waals surface area contributed by atoms with Gasteiger partial charge in [-0.25, -0.2) is 0 Å². The molecule has 1 saturated heterocycles. The van der Waals surface area contributed by atoms with Gasteiger partial charge < -0.3 is 10.6 Å². The molecule has 2 N–H and O–H groups in total. The Morgan fingerprint density at radius 1 is 1.75 bits per heavy atom. The molecule has 0 aliphatic carbocycles. The maximum Gasteiger partial charge on any atom is 0.220 e. The van der Waals surface area contributed by atoms with Crippen molar-refractivity contribution in [1.82, 2.24) is 10.6 Å². The van der Waals surface area contributed by atoms with E-state index in [1.165, 1.54) is 0 Å². The normalized spacial score (nSPS) is 26.5. The lowest BCUT2D eigenvalue weighted by Gasteiger charge is -2.27. The Balaban J connectivity index is 2.34. The van der Waals surface area contributed by atoms with E-state index in [9.17, 15) is 4.79 Å². The largest absolute Gasteiger partial charge is 0.356 e. The topological polar surface area (TPSA) is 41.1 Å². The number of hydrogen-bond acceptors (Lipinski definition) is 2. The van der Waals surface area contributed by atoms with Crippen LogP contribution in [0.5, 0.6) is 0 Å². The average molecular weight is 170 g/mol. The van der Waals surface area contributed by atoms with Crippen LogP contribution >= 0.6 is 0 Å². The molecule has 12 heavy (non-hydrogen) atoms. The zero-order chi connectivity index (χ0) is 8.97. The van der Waals surface area contributed by atoms with Gasteiger partial charge in [-0.15, -0.1) is 0 Å². The van der Waals surface area contributed by atoms with Crippen molar-refractivity contribution in [1.29, 1.82) is 0 Å². The van der Waals surface area contributed by atoms with Gasteiger partial charge in [0.1, 0.15) is 0 Å². The second-order valence-electron chi connectivity index (χ2n) is 3.64. The summed E-state index contributed by atoms with van der Waals surface area (Å²) < 4.78 is 0. The van der Waals surface area contributed by atoms with E-state index in [4.69, 9.17) is 0 Å². The summed E-state index contributed by atoms with van der Waals surface area (Å²) in [6.45, 7) is 4.08. The molecule has 3 nitrogen and oxygen atoms in total. The molecule has 0 aromatic rings. The molecule has 0 aromatic heterocycles. The summed E-state index contributed by atoms with van der Waals surface area (Å²) in [4.78, 5) is 11.1. The van der Waals surface area contributed by atoms with Crippen molar-refractivity contribution in [3.8, 4) is 0 Å². The molecular formula is C9H18N2O. The molecule has 0 aromatic carbocycles. The monoisotopic (exact) mass is 170 g/mol. The summed E-state index contributed by atoms with van der Waals surface area (Å²) in [5.74, 6) is 1.40. The van der Waals surface area contributed by atoms with Crippen LogP contribution in [0.4, 0.5) is 0 Å². The van der Waals surface area contributed by atoms with E-state index in [1.54, 1.807) is 0 Å². The molecule has 1 amide bonds. The van der Waals surface area contributed by atoms with Crippen molar-refractivity contribution in [2.24, 2.45) is 11.8 Å². The van der Waals surface area contributed by atoms with E-state index >= 15 is 0 Å². The maximum atomic E-state index is 11.1. The fraction of sp³-hybridized carbons (Fsp3) is 0.889. The Bertz CT molecular complexity index is 159. The summed E-state index contributed by atoms with van der Waals surface area (Å²) in [6, 6.07) is 0. The van der Waals surface area contributed by atoms with Crippen molar-refractivity contribution >= 4 is 5.91 Å². The highest BCUT2D eigenvalue weighted by Crippen LogP contribution is 2.21. The van der Waals surface area contributed by atoms with Crippen LogP contribution in [0, 0.1) is 11.8 Å². The zero-order valence-corrected chi connectivity index (χ0v) is 7.89. The Morgan fingerprint density at radius 2 is 2.50 bits per heavy atom. The van der Waals surface area contributed by atoms with E-state index in [1.807, 2.05) is 7.05 Å². The summed E-state index contributed by atoms with van der Waals surface area (Å²) in [5, 5.41) is 6.00. The smallest absolute Gasteiger partial charge is 0.220 e. The quantitative estimate of drug-likeness (QED) is 0.642. The minimum absolute atomic E-state index is 0.217. The molecule has 0 radical (unpaired) electrons. The summed E-state index contributed by atoms with van der Waals surface area (Å²) in [7, 11) is 1.96. The minimum Gasteiger partial charge on any atom is -0.356 e. The lowest BCUT2D eigenvalue weighted by molar-refractivity contribution is -0.124. The summed E-state index contributed by atoms with van der Waals surface area (Å²) in [5.41, 5.74) is 0. The fourth-order valence-corrected chi connectivity index (χ4v) is 1.78. The van der Waals surface area contributed by atoms with Crippen LogP contribution in [0.25, 0.3) is 0 Å². The highest BCUT2D eigenvalue weighted by molar-refractivity contribution is 5.76. The van der Waals surface area contributed by atoms with Gasteiger partial charge in [0, 0.05) is 13.0 Å². The molecule has 0 saturated carbocycles. The van der Waals surface area contributed by atoms with E-state index in [0.29, 0.717) is 18.3 Å². The van der Waals surface area contributed by atoms with Crippen molar-refractivity contribution in [3.63, 3.8) is 0 Å². The van der Waals surface area contributed by atoms with Crippen LogP contribution in [0.3, 0.4) is 0 Å². The Hall–Kier alpha value is -0.570. The third-order valence-electron chi connectivity index (χ3n) is 2.62.